The van der Waals surface area contributed by atoms with Crippen LogP contribution in [0.25, 0.3) is 5.69 Å². The number of carbonyl (C=O) groups excluding carboxylic acids is 1. The van der Waals surface area contributed by atoms with Crippen LogP contribution in [0.15, 0.2) is 59.5 Å². The van der Waals surface area contributed by atoms with Crippen LogP contribution in [0.4, 0.5) is 5.69 Å². The number of para-hydroxylation sites is 3. The number of nitrogens with zero attached hydrogens (tertiary/aromatic N) is 2. The first kappa shape index (κ1) is 18.0. The Labute approximate surface area is 155 Å². The van der Waals surface area contributed by atoms with Crippen LogP contribution in [0, 0.1) is 18.3 Å². The maximum Gasteiger partial charge on any atom is 0.330 e. The molecule has 0 aliphatic carbocycles. The summed E-state index contributed by atoms with van der Waals surface area (Å²) in [4.78, 5) is 27.3. The summed E-state index contributed by atoms with van der Waals surface area (Å²) < 4.78 is 7.12. The monoisotopic (exact) mass is 362 g/mol. The molecule has 2 aromatic carbocycles. The van der Waals surface area contributed by atoms with Crippen LogP contribution >= 0.6 is 0 Å². The van der Waals surface area contributed by atoms with Gasteiger partial charge in [-0.1, -0.05) is 24.3 Å². The fraction of sp³-hybridized carbons (Fsp3) is 0.150. The third-order valence-corrected chi connectivity index (χ3v) is 4.04. The van der Waals surface area contributed by atoms with Crippen LogP contribution in [0.5, 0.6) is 5.75 Å². The predicted molar refractivity (Wildman–Crippen MR) is 101 cm³/mol. The standard InChI is InChI=1S/C20H18N4O3/c1-13-12-22-20(26)24(13)17-9-5-4-8-16(17)23-19(25)14(2)27-18-10-6-3-7-15(18)11-21/h3-10,12,14H,1-2H3,(H,22,26)(H,23,25). The van der Waals surface area contributed by atoms with Crippen LogP contribution < -0.4 is 15.7 Å². The average molecular weight is 362 g/mol. The molecule has 0 bridgehead atoms. The van der Waals surface area contributed by atoms with Crippen molar-refractivity contribution in [2.24, 2.45) is 0 Å². The van der Waals surface area contributed by atoms with E-state index in [9.17, 15) is 9.59 Å². The van der Waals surface area contributed by atoms with Crippen LogP contribution in [0.1, 0.15) is 18.2 Å². The van der Waals surface area contributed by atoms with E-state index >= 15 is 0 Å². The van der Waals surface area contributed by atoms with Crippen molar-refractivity contribution in [2.75, 3.05) is 5.32 Å². The summed E-state index contributed by atoms with van der Waals surface area (Å²) in [7, 11) is 0. The Morgan fingerprint density at radius 2 is 1.93 bits per heavy atom. The fourth-order valence-corrected chi connectivity index (χ4v) is 2.67. The summed E-state index contributed by atoms with van der Waals surface area (Å²) in [6.07, 6.45) is 0.766. The summed E-state index contributed by atoms with van der Waals surface area (Å²) in [5.41, 5.74) is 1.82. The van der Waals surface area contributed by atoms with Crippen molar-refractivity contribution < 1.29 is 9.53 Å². The SMILES string of the molecule is Cc1c[nH]c(=O)n1-c1ccccc1NC(=O)C(C)Oc1ccccc1C#N. The van der Waals surface area contributed by atoms with Gasteiger partial charge in [-0.15, -0.1) is 0 Å². The number of aromatic amines is 1. The molecule has 0 aliphatic rings. The lowest BCUT2D eigenvalue weighted by Crippen LogP contribution is -2.31. The van der Waals surface area contributed by atoms with E-state index in [1.165, 1.54) is 4.57 Å². The number of carbonyl (C=O) groups is 1. The Morgan fingerprint density at radius 3 is 2.63 bits per heavy atom. The first-order chi connectivity index (χ1) is 13.0. The number of rotatable bonds is 5. The van der Waals surface area contributed by atoms with E-state index in [2.05, 4.69) is 10.3 Å². The molecular weight excluding hydrogens is 344 g/mol. The molecule has 0 saturated heterocycles. The van der Waals surface area contributed by atoms with E-state index in [0.29, 0.717) is 28.4 Å². The van der Waals surface area contributed by atoms with Gasteiger partial charge in [0.1, 0.15) is 11.8 Å². The van der Waals surface area contributed by atoms with Gasteiger partial charge in [0.25, 0.3) is 5.91 Å². The zero-order valence-corrected chi connectivity index (χ0v) is 14.9. The smallest absolute Gasteiger partial charge is 0.330 e. The number of aryl methyl sites for hydroxylation is 1. The lowest BCUT2D eigenvalue weighted by atomic mass is 10.2. The lowest BCUT2D eigenvalue weighted by Gasteiger charge is -2.17. The van der Waals surface area contributed by atoms with Gasteiger partial charge in [0.15, 0.2) is 6.10 Å². The number of ether oxygens (including phenoxy) is 1. The van der Waals surface area contributed by atoms with E-state index in [0.717, 1.165) is 0 Å². The van der Waals surface area contributed by atoms with Crippen molar-refractivity contribution in [1.29, 1.82) is 5.26 Å². The van der Waals surface area contributed by atoms with Crippen LogP contribution in [0.2, 0.25) is 0 Å². The van der Waals surface area contributed by atoms with Crippen molar-refractivity contribution in [3.05, 3.63) is 76.5 Å². The summed E-state index contributed by atoms with van der Waals surface area (Å²) in [5.74, 6) is -0.0509. The molecule has 136 valence electrons. The number of imidazole rings is 1. The van der Waals surface area contributed by atoms with Crippen LogP contribution in [-0.4, -0.2) is 21.6 Å². The number of hydrogen-bond donors (Lipinski definition) is 2. The first-order valence-electron chi connectivity index (χ1n) is 8.34. The minimum absolute atomic E-state index is 0.290. The lowest BCUT2D eigenvalue weighted by molar-refractivity contribution is -0.122. The number of nitrogens with one attached hydrogen (secondary N) is 2. The van der Waals surface area contributed by atoms with E-state index in [1.807, 2.05) is 6.07 Å². The minimum atomic E-state index is -0.836. The molecule has 1 heterocycles. The molecule has 1 aromatic heterocycles. The summed E-state index contributed by atoms with van der Waals surface area (Å²) in [6, 6.07) is 15.8. The van der Waals surface area contributed by atoms with Gasteiger partial charge < -0.3 is 15.0 Å². The largest absolute Gasteiger partial charge is 0.480 e. The second kappa shape index (κ2) is 7.62. The maximum atomic E-state index is 12.6. The number of H-pyrrole nitrogens is 1. The summed E-state index contributed by atoms with van der Waals surface area (Å²) in [5, 5.41) is 11.9. The highest BCUT2D eigenvalue weighted by Crippen LogP contribution is 2.22. The molecule has 0 saturated carbocycles. The summed E-state index contributed by atoms with van der Waals surface area (Å²) >= 11 is 0. The number of anilines is 1. The molecule has 1 atom stereocenters. The number of benzene rings is 2. The third kappa shape index (κ3) is 3.75. The molecule has 27 heavy (non-hydrogen) atoms. The van der Waals surface area contributed by atoms with Crippen molar-refractivity contribution in [2.45, 2.75) is 20.0 Å². The van der Waals surface area contributed by atoms with Crippen LogP contribution in [0.3, 0.4) is 0 Å². The molecule has 2 N–H and O–H groups in total. The number of nitriles is 1. The normalized spacial score (nSPS) is 11.4. The van der Waals surface area contributed by atoms with Gasteiger partial charge in [-0.25, -0.2) is 4.79 Å². The zero-order valence-electron chi connectivity index (χ0n) is 14.9. The van der Waals surface area contributed by atoms with Gasteiger partial charge in [-0.2, -0.15) is 5.26 Å². The second-order valence-electron chi connectivity index (χ2n) is 5.95. The van der Waals surface area contributed by atoms with Gasteiger partial charge in [-0.3, -0.25) is 9.36 Å². The Hall–Kier alpha value is -3.79. The molecule has 7 heteroatoms. The molecule has 3 aromatic rings. The van der Waals surface area contributed by atoms with Gasteiger partial charge in [0, 0.05) is 11.9 Å². The van der Waals surface area contributed by atoms with Crippen molar-refractivity contribution >= 4 is 11.6 Å². The Morgan fingerprint density at radius 1 is 1.22 bits per heavy atom. The molecule has 0 spiro atoms. The quantitative estimate of drug-likeness (QED) is 0.729. The van der Waals surface area contributed by atoms with Gasteiger partial charge in [-0.05, 0) is 38.1 Å². The summed E-state index contributed by atoms with van der Waals surface area (Å²) in [6.45, 7) is 3.39. The van der Waals surface area contributed by atoms with Gasteiger partial charge in [0.05, 0.1) is 16.9 Å². The third-order valence-electron chi connectivity index (χ3n) is 4.04. The van der Waals surface area contributed by atoms with Gasteiger partial charge >= 0.3 is 5.69 Å². The average Bonchev–Trinajstić information content (AvgIpc) is 3.01. The molecule has 1 unspecified atom stereocenters. The van der Waals surface area contributed by atoms with E-state index in [4.69, 9.17) is 10.00 Å². The molecule has 1 amide bonds. The van der Waals surface area contributed by atoms with Crippen molar-refractivity contribution in [3.63, 3.8) is 0 Å². The number of aromatic nitrogens is 2. The Kier molecular flexibility index (Phi) is 5.08. The molecule has 0 radical (unpaired) electrons. The highest BCUT2D eigenvalue weighted by molar-refractivity contribution is 5.96. The Balaban J connectivity index is 1.83. The second-order valence-corrected chi connectivity index (χ2v) is 5.95. The number of hydrogen-bond acceptors (Lipinski definition) is 4. The fourth-order valence-electron chi connectivity index (χ4n) is 2.67. The van der Waals surface area contributed by atoms with E-state index in [1.54, 1.807) is 68.6 Å². The van der Waals surface area contributed by atoms with Crippen molar-refractivity contribution in [3.8, 4) is 17.5 Å². The number of amides is 1. The topological polar surface area (TPSA) is 99.9 Å². The maximum absolute atomic E-state index is 12.6. The highest BCUT2D eigenvalue weighted by Gasteiger charge is 2.19. The molecule has 3 rings (SSSR count). The molecule has 0 aliphatic heterocycles. The van der Waals surface area contributed by atoms with Crippen LogP contribution in [-0.2, 0) is 4.79 Å². The Bertz CT molecular complexity index is 1080. The van der Waals surface area contributed by atoms with Crippen molar-refractivity contribution in [1.82, 2.24) is 9.55 Å². The van der Waals surface area contributed by atoms with E-state index in [-0.39, 0.29) is 5.69 Å². The predicted octanol–water partition coefficient (Wildman–Crippen LogP) is 2.75. The van der Waals surface area contributed by atoms with E-state index < -0.39 is 12.0 Å². The minimum Gasteiger partial charge on any atom is -0.480 e. The molecular formula is C20H18N4O3. The molecule has 7 nitrogen and oxygen atoms in total. The molecule has 0 fully saturated rings. The highest BCUT2D eigenvalue weighted by atomic mass is 16.5. The zero-order chi connectivity index (χ0) is 19.4. The first-order valence-corrected chi connectivity index (χ1v) is 8.34. The van der Waals surface area contributed by atoms with Gasteiger partial charge in [0.2, 0.25) is 0 Å².